The van der Waals surface area contributed by atoms with Crippen molar-refractivity contribution >= 4 is 45.7 Å². The molecule has 2 aromatic heterocycles. The summed E-state index contributed by atoms with van der Waals surface area (Å²) in [7, 11) is 1.11. The second kappa shape index (κ2) is 8.03. The first-order chi connectivity index (χ1) is 13.3. The SMILES string of the molecule is Cc1c(C(N)=O)sc(NC(=O)c2c(Cl)c(C(F)(F)F)nn2C)c1C(=O)OC(C)C. The van der Waals surface area contributed by atoms with E-state index in [2.05, 4.69) is 10.4 Å². The number of aryl methyl sites for hydroxylation is 1. The minimum atomic E-state index is -4.86. The average Bonchev–Trinajstić information content (AvgIpc) is 3.03. The summed E-state index contributed by atoms with van der Waals surface area (Å²) in [6.07, 6.45) is -5.36. The van der Waals surface area contributed by atoms with Crippen LogP contribution in [0.2, 0.25) is 5.02 Å². The number of nitrogens with two attached hydrogens (primary N) is 1. The Bertz CT molecular complexity index is 997. The molecule has 0 radical (unpaired) electrons. The van der Waals surface area contributed by atoms with Gasteiger partial charge in [-0.1, -0.05) is 11.6 Å². The Morgan fingerprint density at radius 1 is 1.31 bits per heavy atom. The number of hydrogen-bond acceptors (Lipinski definition) is 6. The third kappa shape index (κ3) is 4.53. The fraction of sp³-hybridized carbons (Fsp3) is 0.375. The van der Waals surface area contributed by atoms with Gasteiger partial charge < -0.3 is 15.8 Å². The van der Waals surface area contributed by atoms with Gasteiger partial charge in [0.2, 0.25) is 0 Å². The number of alkyl halides is 3. The molecule has 158 valence electrons. The van der Waals surface area contributed by atoms with E-state index in [0.717, 1.165) is 7.05 Å². The Hall–Kier alpha value is -2.60. The van der Waals surface area contributed by atoms with Gasteiger partial charge in [0.1, 0.15) is 15.7 Å². The number of ether oxygens (including phenoxy) is 1. The molecule has 0 spiro atoms. The number of aromatic nitrogens is 2. The summed E-state index contributed by atoms with van der Waals surface area (Å²) in [5, 5.41) is 4.52. The largest absolute Gasteiger partial charge is 0.459 e. The summed E-state index contributed by atoms with van der Waals surface area (Å²) in [5.74, 6) is -2.73. The Morgan fingerprint density at radius 2 is 1.90 bits per heavy atom. The van der Waals surface area contributed by atoms with Crippen LogP contribution in [0.4, 0.5) is 18.2 Å². The van der Waals surface area contributed by atoms with E-state index in [1.807, 2.05) is 0 Å². The zero-order chi connectivity index (χ0) is 22.3. The number of amides is 2. The third-order valence-electron chi connectivity index (χ3n) is 3.62. The molecule has 0 atom stereocenters. The molecule has 0 bridgehead atoms. The molecule has 13 heteroatoms. The Balaban J connectivity index is 2.51. The number of nitrogens with zero attached hydrogens (tertiary/aromatic N) is 2. The lowest BCUT2D eigenvalue weighted by Gasteiger charge is -2.10. The molecule has 0 aliphatic heterocycles. The van der Waals surface area contributed by atoms with Gasteiger partial charge in [-0.15, -0.1) is 11.3 Å². The molecule has 29 heavy (non-hydrogen) atoms. The zero-order valence-corrected chi connectivity index (χ0v) is 17.2. The molecule has 0 aromatic carbocycles. The van der Waals surface area contributed by atoms with Crippen LogP contribution >= 0.6 is 22.9 Å². The summed E-state index contributed by atoms with van der Waals surface area (Å²) in [5.41, 5.74) is 3.34. The zero-order valence-electron chi connectivity index (χ0n) is 15.6. The van der Waals surface area contributed by atoms with Crippen LogP contribution in [0.3, 0.4) is 0 Å². The maximum Gasteiger partial charge on any atom is 0.436 e. The van der Waals surface area contributed by atoms with Gasteiger partial charge in [-0.05, 0) is 26.3 Å². The number of primary amides is 1. The molecule has 0 aliphatic rings. The van der Waals surface area contributed by atoms with Gasteiger partial charge in [0, 0.05) is 7.05 Å². The number of rotatable bonds is 5. The van der Waals surface area contributed by atoms with Crippen LogP contribution in [-0.2, 0) is 18.0 Å². The summed E-state index contributed by atoms with van der Waals surface area (Å²) in [4.78, 5) is 36.6. The Labute approximate surface area is 171 Å². The smallest absolute Gasteiger partial charge is 0.436 e. The monoisotopic (exact) mass is 452 g/mol. The highest BCUT2D eigenvalue weighted by Crippen LogP contribution is 2.37. The van der Waals surface area contributed by atoms with Crippen molar-refractivity contribution in [2.24, 2.45) is 12.8 Å². The summed E-state index contributed by atoms with van der Waals surface area (Å²) >= 11 is 6.40. The molecular formula is C16H16ClF3N4O4S. The highest BCUT2D eigenvalue weighted by atomic mass is 35.5. The van der Waals surface area contributed by atoms with Crippen LogP contribution < -0.4 is 11.1 Å². The van der Waals surface area contributed by atoms with Crippen LogP contribution in [0.15, 0.2) is 0 Å². The van der Waals surface area contributed by atoms with Gasteiger partial charge >= 0.3 is 12.1 Å². The quantitative estimate of drug-likeness (QED) is 0.674. The standard InChI is InChI=1S/C16H16ClF3N4O4S/c1-5(2)28-15(27)7-6(3)10(12(21)25)29-14(7)22-13(26)9-8(17)11(16(18,19)20)23-24(9)4/h5H,1-4H3,(H2,21,25)(H,22,26). The molecule has 0 unspecified atom stereocenters. The maximum atomic E-state index is 13.0. The molecule has 8 nitrogen and oxygen atoms in total. The molecule has 0 aliphatic carbocycles. The summed E-state index contributed by atoms with van der Waals surface area (Å²) < 4.78 is 44.7. The third-order valence-corrected chi connectivity index (χ3v) is 5.20. The van der Waals surface area contributed by atoms with Crippen molar-refractivity contribution in [3.05, 3.63) is 32.4 Å². The van der Waals surface area contributed by atoms with Gasteiger partial charge in [0.25, 0.3) is 11.8 Å². The Kier molecular flexibility index (Phi) is 6.28. The molecule has 0 saturated carbocycles. The van der Waals surface area contributed by atoms with E-state index in [4.69, 9.17) is 22.1 Å². The van der Waals surface area contributed by atoms with Crippen LogP contribution in [0, 0.1) is 6.92 Å². The van der Waals surface area contributed by atoms with Gasteiger partial charge in [0.15, 0.2) is 5.69 Å². The van der Waals surface area contributed by atoms with E-state index < -0.39 is 46.5 Å². The first-order valence-corrected chi connectivity index (χ1v) is 9.20. The first-order valence-electron chi connectivity index (χ1n) is 8.00. The molecule has 2 heterocycles. The predicted octanol–water partition coefficient (Wildman–Crippen LogP) is 3.38. The molecule has 2 amide bonds. The normalized spacial score (nSPS) is 11.6. The molecule has 2 aromatic rings. The van der Waals surface area contributed by atoms with Crippen LogP contribution in [0.1, 0.15) is 55.6 Å². The molecule has 3 N–H and O–H groups in total. The highest BCUT2D eigenvalue weighted by Gasteiger charge is 2.40. The van der Waals surface area contributed by atoms with Crippen LogP contribution in [0.25, 0.3) is 0 Å². The number of carbonyl (C=O) groups excluding carboxylic acids is 3. The average molecular weight is 453 g/mol. The second-order valence-corrected chi connectivity index (χ2v) is 7.56. The number of anilines is 1. The Morgan fingerprint density at radius 3 is 2.34 bits per heavy atom. The molecule has 0 fully saturated rings. The molecule has 2 rings (SSSR count). The lowest BCUT2D eigenvalue weighted by Crippen LogP contribution is -2.19. The number of esters is 1. The van der Waals surface area contributed by atoms with E-state index in [1.165, 1.54) is 6.92 Å². The van der Waals surface area contributed by atoms with Crippen molar-refractivity contribution in [1.82, 2.24) is 9.78 Å². The van der Waals surface area contributed by atoms with E-state index in [9.17, 15) is 27.6 Å². The first kappa shape index (κ1) is 22.7. The van der Waals surface area contributed by atoms with Crippen molar-refractivity contribution in [1.29, 1.82) is 0 Å². The van der Waals surface area contributed by atoms with E-state index >= 15 is 0 Å². The fourth-order valence-electron chi connectivity index (χ4n) is 2.44. The highest BCUT2D eigenvalue weighted by molar-refractivity contribution is 7.18. The van der Waals surface area contributed by atoms with Crippen molar-refractivity contribution in [2.45, 2.75) is 33.1 Å². The number of nitrogens with one attached hydrogen (secondary N) is 1. The van der Waals surface area contributed by atoms with Crippen LogP contribution in [0.5, 0.6) is 0 Å². The van der Waals surface area contributed by atoms with Gasteiger partial charge in [-0.2, -0.15) is 18.3 Å². The number of hydrogen-bond donors (Lipinski definition) is 2. The topological polar surface area (TPSA) is 116 Å². The van der Waals surface area contributed by atoms with Gasteiger partial charge in [-0.25, -0.2) is 4.79 Å². The minimum absolute atomic E-state index is 0.0110. The number of carbonyl (C=O) groups is 3. The van der Waals surface area contributed by atoms with E-state index in [0.29, 0.717) is 16.0 Å². The second-order valence-electron chi connectivity index (χ2n) is 6.17. The minimum Gasteiger partial charge on any atom is -0.459 e. The number of halogens is 4. The predicted molar refractivity (Wildman–Crippen MR) is 99.3 cm³/mol. The van der Waals surface area contributed by atoms with Crippen molar-refractivity contribution in [3.8, 4) is 0 Å². The van der Waals surface area contributed by atoms with Gasteiger partial charge in [0.05, 0.1) is 16.5 Å². The summed E-state index contributed by atoms with van der Waals surface area (Å²) in [6, 6.07) is 0. The van der Waals surface area contributed by atoms with Crippen molar-refractivity contribution < 1.29 is 32.3 Å². The maximum absolute atomic E-state index is 13.0. The van der Waals surface area contributed by atoms with Crippen molar-refractivity contribution in [3.63, 3.8) is 0 Å². The molecule has 0 saturated heterocycles. The van der Waals surface area contributed by atoms with Crippen LogP contribution in [-0.4, -0.2) is 33.7 Å². The molecular weight excluding hydrogens is 437 g/mol. The van der Waals surface area contributed by atoms with Crippen molar-refractivity contribution in [2.75, 3.05) is 5.32 Å². The van der Waals surface area contributed by atoms with E-state index in [1.54, 1.807) is 13.8 Å². The fourth-order valence-corrected chi connectivity index (χ4v) is 3.84. The summed E-state index contributed by atoms with van der Waals surface area (Å²) in [6.45, 7) is 4.63. The lowest BCUT2D eigenvalue weighted by atomic mass is 10.1. The van der Waals surface area contributed by atoms with Gasteiger partial charge in [-0.3, -0.25) is 14.3 Å². The van der Waals surface area contributed by atoms with E-state index in [-0.39, 0.29) is 21.0 Å². The number of thiophene rings is 1. The lowest BCUT2D eigenvalue weighted by molar-refractivity contribution is -0.141.